The van der Waals surface area contributed by atoms with E-state index in [1.165, 1.54) is 78.6 Å². The quantitative estimate of drug-likeness (QED) is 0.0264. The molecule has 1 radical (unpaired) electrons. The summed E-state index contributed by atoms with van der Waals surface area (Å²) in [7, 11) is -24.5. The molecule has 803 valence electrons. The van der Waals surface area contributed by atoms with Crippen molar-refractivity contribution in [2.45, 2.75) is 253 Å². The van der Waals surface area contributed by atoms with Crippen LogP contribution in [-0.4, -0.2) is 223 Å². The van der Waals surface area contributed by atoms with Crippen LogP contribution in [0.1, 0.15) is 251 Å². The van der Waals surface area contributed by atoms with Gasteiger partial charge in [0.25, 0.3) is 0 Å². The predicted molar refractivity (Wildman–Crippen MR) is 535 cm³/mol. The van der Waals surface area contributed by atoms with Crippen LogP contribution in [0.3, 0.4) is 0 Å². The zero-order valence-corrected chi connectivity index (χ0v) is 99.3. The summed E-state index contributed by atoms with van der Waals surface area (Å²) in [6.45, 7) is 51.1. The number of pyridine rings is 8. The van der Waals surface area contributed by atoms with Crippen molar-refractivity contribution in [2.75, 3.05) is 93.3 Å². The first-order valence-corrected chi connectivity index (χ1v) is 64.9. The monoisotopic (exact) mass is 2400 g/mol. The summed E-state index contributed by atoms with van der Waals surface area (Å²) in [5.41, 5.74) is 9.77. The second kappa shape index (κ2) is 49.6. The molecule has 144 heavy (non-hydrogen) atoms. The van der Waals surface area contributed by atoms with Crippen molar-refractivity contribution in [3.8, 4) is 46.0 Å². The normalized spacial score (nSPS) is 18.1. The van der Waals surface area contributed by atoms with Gasteiger partial charge in [-0.25, -0.2) is 17.6 Å². The van der Waals surface area contributed by atoms with E-state index in [9.17, 15) is 94.7 Å². The molecule has 8 aromatic rings. The Labute approximate surface area is 874 Å². The zero-order valence-electron chi connectivity index (χ0n) is 87.4. The van der Waals surface area contributed by atoms with Crippen molar-refractivity contribution in [3.63, 3.8) is 0 Å². The fourth-order valence-electron chi connectivity index (χ4n) is 14.0. The zero-order chi connectivity index (χ0) is 110. The van der Waals surface area contributed by atoms with E-state index < -0.39 is 153 Å². The Balaban J connectivity index is 0.000000290. The number of nitrogens with zero attached hydrogens (tertiary/aromatic N) is 8. The molecule has 0 saturated heterocycles. The van der Waals surface area contributed by atoms with Gasteiger partial charge in [-0.2, -0.15) is 0 Å². The molecule has 0 bridgehead atoms. The van der Waals surface area contributed by atoms with Crippen LogP contribution < -0.4 is 23.7 Å². The fraction of sp³-hybridized carbons (Fsp3) is 0.570. The van der Waals surface area contributed by atoms with Crippen molar-refractivity contribution in [2.24, 2.45) is 0 Å². The van der Waals surface area contributed by atoms with Crippen LogP contribution in [0.2, 0.25) is 0 Å². The third kappa shape index (κ3) is 33.8. The maximum atomic E-state index is 14.3. The summed E-state index contributed by atoms with van der Waals surface area (Å²) < 4.78 is 207. The minimum Gasteiger partial charge on any atom is -0.506 e. The molecule has 38 nitrogen and oxygen atoms in total. The molecule has 12 N–H and O–H groups in total. The molecule has 0 aromatic carbocycles. The number of alkyl halides is 4. The van der Waals surface area contributed by atoms with Gasteiger partial charge in [0.05, 0.1) is 98.4 Å². The van der Waals surface area contributed by atoms with Gasteiger partial charge in [-0.1, -0.05) is 0 Å². The molecular formula is C93H140AcF4N8O30P8. The number of aromatic nitrogens is 8. The number of aliphatic hydroxyl groups excluding tert-OH is 7. The fourth-order valence-corrected chi connectivity index (χ4v) is 20.8. The van der Waals surface area contributed by atoms with Crippen molar-refractivity contribution >= 4 is 57.6 Å². The predicted octanol–water partition coefficient (Wildman–Crippen LogP) is 19.3. The maximum absolute atomic E-state index is 14.3. The number of hydrogen-bond donors (Lipinski definition) is 12. The molecule has 13 heterocycles. The van der Waals surface area contributed by atoms with Crippen LogP contribution in [0.4, 0.5) is 17.6 Å². The van der Waals surface area contributed by atoms with Crippen LogP contribution in [0.25, 0.3) is 0 Å². The van der Waals surface area contributed by atoms with Gasteiger partial charge < -0.3 is 136 Å². The molecule has 10 atom stereocenters. The second-order valence-electron chi connectivity index (χ2n) is 39.7. The van der Waals surface area contributed by atoms with Gasteiger partial charge in [-0.05, 0) is 135 Å². The Morgan fingerprint density at radius 2 is 0.451 bits per heavy atom. The van der Waals surface area contributed by atoms with Gasteiger partial charge in [0.1, 0.15) is 106 Å². The van der Waals surface area contributed by atoms with E-state index in [1.807, 2.05) is 62.3 Å². The van der Waals surface area contributed by atoms with E-state index >= 15 is 0 Å². The van der Waals surface area contributed by atoms with Gasteiger partial charge in [0.2, 0.25) is 49.6 Å². The Morgan fingerprint density at radius 3 is 0.646 bits per heavy atom. The summed E-state index contributed by atoms with van der Waals surface area (Å²) in [5, 5.41) is 96.2. The molecule has 13 rings (SSSR count). The molecule has 10 unspecified atom stereocenters. The average Bonchev–Trinajstić information content (AvgIpc) is 0.777. The van der Waals surface area contributed by atoms with E-state index in [0.717, 1.165) is 53.3 Å². The average molecular weight is 2400 g/mol. The summed E-state index contributed by atoms with van der Waals surface area (Å²) >= 11 is 0. The molecule has 0 saturated carbocycles. The van der Waals surface area contributed by atoms with Crippen LogP contribution in [0.15, 0.2) is 49.6 Å². The number of aliphatic hydroxyl groups is 7. The topological polar surface area (TPSA) is 575 Å². The number of aromatic hydroxyl groups is 3. The first-order valence-electron chi connectivity index (χ1n) is 44.5. The summed E-state index contributed by atoms with van der Waals surface area (Å²) in [6, 6.07) is 0. The van der Waals surface area contributed by atoms with Gasteiger partial charge >= 0.3 is 0 Å². The van der Waals surface area contributed by atoms with Gasteiger partial charge in [-0.15, -0.1) is 0 Å². The number of ether oxygens (including phenoxy) is 10. The summed E-state index contributed by atoms with van der Waals surface area (Å²) in [4.78, 5) is 50.6. The third-order valence-electron chi connectivity index (χ3n) is 22.3. The minimum absolute atomic E-state index is 0. The van der Waals surface area contributed by atoms with E-state index in [2.05, 4.69) is 39.9 Å². The third-order valence-corrected chi connectivity index (χ3v) is 33.1. The molecule has 8 aromatic heterocycles. The minimum atomic E-state index is -3.98. The Morgan fingerprint density at radius 1 is 0.278 bits per heavy atom. The number of hydrogen-bond acceptors (Lipinski definition) is 36. The van der Waals surface area contributed by atoms with E-state index in [1.54, 1.807) is 107 Å². The molecule has 0 amide bonds. The van der Waals surface area contributed by atoms with Crippen LogP contribution >= 0.6 is 57.6 Å². The molecule has 5 aliphatic rings. The van der Waals surface area contributed by atoms with Crippen LogP contribution in [0.5, 0.6) is 46.0 Å². The Hall–Kier alpha value is -5.96. The van der Waals surface area contributed by atoms with Gasteiger partial charge in [-0.3, -0.25) is 49.0 Å². The Bertz CT molecular complexity index is 5570. The van der Waals surface area contributed by atoms with Crippen LogP contribution in [-0.2, 0) is 113 Å². The Kier molecular flexibility index (Phi) is 44.3. The van der Waals surface area contributed by atoms with E-state index in [4.69, 9.17) is 67.6 Å². The van der Waals surface area contributed by atoms with Gasteiger partial charge in [0, 0.05) is 265 Å². The van der Waals surface area contributed by atoms with E-state index in [-0.39, 0.29) is 119 Å². The molecular weight excluding hydrogens is 2260 g/mol. The molecule has 5 aliphatic heterocycles. The number of halogens is 4. The van der Waals surface area contributed by atoms with Crippen molar-refractivity contribution < 1.29 is 206 Å². The SMILES string of the molecule is Cc1ncc(C(F)P(C)(=O)O)c(CO)c1O.Cc1ncc(C(F)P(C)(C)=O)c(CO)c1O.Cc1ncc(C(F)P(C)(C)=O)c2c1OC(C)(C)OC2.Cc1ncc(C(F)P(C)(C)=O)c2c1OC(C)(C)OC2.Cc1ncc(C(O)P(C)(=O)O)c(CO)c1O.Cc1ncc(C(O)P(C)(C)=O)c2c1OC(C)(C)OC2.Cc1ncc(C(O)P(C)(C)=O)c2c1OC(C)(C)OC2.Cc1ncc(C(O)P(C)(C)=O)c2c1OC(C)(C)OC2.[Ac]. The smallest absolute Gasteiger partial charge is 0.235 e. The standard InChI is InChI=1S/2C13H19FNO3P.3C13H20NO4P.C10H15FNO3P.C9H13FNO4P.C9H14NO5P.Ac/c2*1-8-11-10(7-17-13(2,3)18-11)9(6-15-8)12(14)19(4,5)16;3*1-8-11-10(7-17-13(2,3)18-11)9(6-14-8)12(15)19(4,5)16;1-6-9(14)8(5-13)7(4-12-6)10(11)16(2,3)15;1-5-8(13)7(4-12)6(3-11-5)9(10)16(2,14)15;1-5-8(12)7(4-11)6(3-10-5)9(13)16(2,14)15;/h2*6,12H,7H2,1-5H3;3*6,12,15H,7H2,1-5H3;4,10,13-14H,5H2,1-3H3;3,9,12-13H,4H2,1-2H3,(H,14,15);3,9,11-13H,4H2,1-2H3,(H,14,15);. The first-order chi connectivity index (χ1) is 64.9. The maximum Gasteiger partial charge on any atom is 0.235 e. The molecule has 0 aliphatic carbocycles. The summed E-state index contributed by atoms with van der Waals surface area (Å²) in [6.07, 6.45) is 11.0. The largest absolute Gasteiger partial charge is 0.506 e. The van der Waals surface area contributed by atoms with E-state index in [0.29, 0.717) is 105 Å². The van der Waals surface area contributed by atoms with Crippen molar-refractivity contribution in [1.29, 1.82) is 0 Å². The van der Waals surface area contributed by atoms with Crippen molar-refractivity contribution in [1.82, 2.24) is 39.9 Å². The van der Waals surface area contributed by atoms with Crippen molar-refractivity contribution in [3.05, 3.63) is 184 Å². The molecule has 0 fully saturated rings. The first kappa shape index (κ1) is 128. The van der Waals surface area contributed by atoms with Crippen LogP contribution in [0, 0.1) is 99.5 Å². The number of fused-ring (bicyclic) bond motifs is 5. The second-order valence-corrected chi connectivity index (χ2v) is 64.4. The number of aryl methyl sites for hydroxylation is 8. The number of rotatable bonds is 19. The van der Waals surface area contributed by atoms with Gasteiger partial charge in [0.15, 0.2) is 23.6 Å². The molecule has 51 heteroatoms. The summed E-state index contributed by atoms with van der Waals surface area (Å²) in [5.74, 6) is -13.3. The molecule has 0 spiro atoms.